The van der Waals surface area contributed by atoms with Crippen LogP contribution in [0.25, 0.3) is 0 Å². The predicted molar refractivity (Wildman–Crippen MR) is 136 cm³/mol. The molecular weight excluding hydrogens is 442 g/mol. The summed E-state index contributed by atoms with van der Waals surface area (Å²) in [7, 11) is 3.13. The molecule has 0 radical (unpaired) electrons. The van der Waals surface area contributed by atoms with Crippen LogP contribution in [0.1, 0.15) is 65.7 Å². The lowest BCUT2D eigenvalue weighted by Gasteiger charge is -2.45. The molecule has 2 aliphatic heterocycles. The molecule has 0 saturated heterocycles. The molecule has 7 nitrogen and oxygen atoms in total. The van der Waals surface area contributed by atoms with Gasteiger partial charge in [0.2, 0.25) is 5.91 Å². The SMILES string of the molecule is CCCCN(CC)CCNC(=O)[C@@H]1c2cc(OC)c(OC)cc2C(=O)N2CCc3ccccc3[C@@H]12. The molecule has 2 atom stereocenters. The Labute approximate surface area is 208 Å². The van der Waals surface area contributed by atoms with Crippen LogP contribution in [0, 0.1) is 0 Å². The first-order chi connectivity index (χ1) is 17.0. The van der Waals surface area contributed by atoms with Crippen molar-refractivity contribution in [2.75, 3.05) is 46.9 Å². The van der Waals surface area contributed by atoms with Gasteiger partial charge >= 0.3 is 0 Å². The third-order valence-electron chi connectivity index (χ3n) is 7.31. The Morgan fingerprint density at radius 1 is 1.09 bits per heavy atom. The average Bonchev–Trinajstić information content (AvgIpc) is 2.89. The van der Waals surface area contributed by atoms with Gasteiger partial charge in [-0.15, -0.1) is 0 Å². The first kappa shape index (κ1) is 25.0. The summed E-state index contributed by atoms with van der Waals surface area (Å²) in [6, 6.07) is 11.3. The molecule has 0 aromatic heterocycles. The van der Waals surface area contributed by atoms with Gasteiger partial charge in [0, 0.05) is 25.2 Å². The minimum Gasteiger partial charge on any atom is -0.493 e. The van der Waals surface area contributed by atoms with Crippen molar-refractivity contribution >= 4 is 11.8 Å². The molecule has 7 heteroatoms. The van der Waals surface area contributed by atoms with Gasteiger partial charge in [-0.2, -0.15) is 0 Å². The first-order valence-corrected chi connectivity index (χ1v) is 12.7. The molecule has 0 spiro atoms. The van der Waals surface area contributed by atoms with Crippen LogP contribution in [0.4, 0.5) is 0 Å². The molecule has 2 amide bonds. The lowest BCUT2D eigenvalue weighted by Crippen LogP contribution is -2.50. The van der Waals surface area contributed by atoms with Crippen LogP contribution < -0.4 is 14.8 Å². The number of carbonyl (C=O) groups is 2. The van der Waals surface area contributed by atoms with Crippen molar-refractivity contribution < 1.29 is 19.1 Å². The molecule has 35 heavy (non-hydrogen) atoms. The maximum absolute atomic E-state index is 13.8. The zero-order valence-electron chi connectivity index (χ0n) is 21.3. The quantitative estimate of drug-likeness (QED) is 0.562. The van der Waals surface area contributed by atoms with Gasteiger partial charge in [-0.25, -0.2) is 0 Å². The van der Waals surface area contributed by atoms with Crippen molar-refractivity contribution in [3.05, 3.63) is 58.7 Å². The highest BCUT2D eigenvalue weighted by molar-refractivity contribution is 6.02. The Balaban J connectivity index is 1.70. The van der Waals surface area contributed by atoms with E-state index in [-0.39, 0.29) is 17.9 Å². The van der Waals surface area contributed by atoms with Gasteiger partial charge in [-0.3, -0.25) is 9.59 Å². The number of ether oxygens (including phenoxy) is 2. The van der Waals surface area contributed by atoms with E-state index < -0.39 is 5.92 Å². The maximum Gasteiger partial charge on any atom is 0.254 e. The summed E-state index contributed by atoms with van der Waals surface area (Å²) in [4.78, 5) is 31.7. The van der Waals surface area contributed by atoms with Crippen LogP contribution in [-0.2, 0) is 11.2 Å². The van der Waals surface area contributed by atoms with E-state index in [4.69, 9.17) is 9.47 Å². The molecule has 4 rings (SSSR count). The third-order valence-corrected chi connectivity index (χ3v) is 7.31. The molecule has 0 saturated carbocycles. The molecule has 0 bridgehead atoms. The van der Waals surface area contributed by atoms with Crippen LogP contribution in [0.2, 0.25) is 0 Å². The summed E-state index contributed by atoms with van der Waals surface area (Å²) >= 11 is 0. The number of hydrogen-bond donors (Lipinski definition) is 1. The van der Waals surface area contributed by atoms with Crippen molar-refractivity contribution in [1.29, 1.82) is 0 Å². The van der Waals surface area contributed by atoms with Gasteiger partial charge in [0.1, 0.15) is 0 Å². The minimum absolute atomic E-state index is 0.0655. The summed E-state index contributed by atoms with van der Waals surface area (Å²) in [5.74, 6) is 0.343. The van der Waals surface area contributed by atoms with Crippen LogP contribution in [0.5, 0.6) is 11.5 Å². The molecule has 0 fully saturated rings. The minimum atomic E-state index is -0.533. The molecular formula is C28H37N3O4. The molecule has 2 aromatic rings. The predicted octanol–water partition coefficient (Wildman–Crippen LogP) is 3.78. The largest absolute Gasteiger partial charge is 0.493 e. The smallest absolute Gasteiger partial charge is 0.254 e. The highest BCUT2D eigenvalue weighted by Crippen LogP contribution is 2.48. The highest BCUT2D eigenvalue weighted by atomic mass is 16.5. The molecule has 188 valence electrons. The van der Waals surface area contributed by atoms with Crippen molar-refractivity contribution in [3.8, 4) is 11.5 Å². The lowest BCUT2D eigenvalue weighted by atomic mass is 9.75. The van der Waals surface area contributed by atoms with Crippen molar-refractivity contribution in [3.63, 3.8) is 0 Å². The van der Waals surface area contributed by atoms with Crippen molar-refractivity contribution in [2.45, 2.75) is 45.1 Å². The van der Waals surface area contributed by atoms with E-state index >= 15 is 0 Å². The van der Waals surface area contributed by atoms with E-state index in [0.29, 0.717) is 35.7 Å². The number of hydrogen-bond acceptors (Lipinski definition) is 5. The molecule has 2 aromatic carbocycles. The van der Waals surface area contributed by atoms with Gasteiger partial charge in [0.05, 0.1) is 26.2 Å². The molecule has 0 aliphatic carbocycles. The summed E-state index contributed by atoms with van der Waals surface area (Å²) in [6.07, 6.45) is 3.07. The Kier molecular flexibility index (Phi) is 7.96. The van der Waals surface area contributed by atoms with Crippen LogP contribution in [-0.4, -0.2) is 68.6 Å². The molecule has 2 aliphatic rings. The third kappa shape index (κ3) is 4.87. The summed E-state index contributed by atoms with van der Waals surface area (Å²) < 4.78 is 11.0. The molecule has 2 heterocycles. The molecule has 1 N–H and O–H groups in total. The topological polar surface area (TPSA) is 71.1 Å². The van der Waals surface area contributed by atoms with E-state index in [1.165, 1.54) is 5.56 Å². The second-order valence-electron chi connectivity index (χ2n) is 9.24. The summed E-state index contributed by atoms with van der Waals surface area (Å²) in [5.41, 5.74) is 3.45. The van der Waals surface area contributed by atoms with E-state index in [2.05, 4.69) is 36.2 Å². The van der Waals surface area contributed by atoms with E-state index in [9.17, 15) is 9.59 Å². The van der Waals surface area contributed by atoms with E-state index in [1.54, 1.807) is 20.3 Å². The number of benzene rings is 2. The fourth-order valence-corrected chi connectivity index (χ4v) is 5.39. The Hall–Kier alpha value is -3.06. The zero-order valence-corrected chi connectivity index (χ0v) is 21.3. The fraction of sp³-hybridized carbons (Fsp3) is 0.500. The van der Waals surface area contributed by atoms with Gasteiger partial charge in [0.15, 0.2) is 11.5 Å². The summed E-state index contributed by atoms with van der Waals surface area (Å²) in [5, 5.41) is 3.19. The van der Waals surface area contributed by atoms with E-state index in [0.717, 1.165) is 44.5 Å². The number of methoxy groups -OCH3 is 2. The fourth-order valence-electron chi connectivity index (χ4n) is 5.39. The first-order valence-electron chi connectivity index (χ1n) is 12.7. The Morgan fingerprint density at radius 3 is 2.54 bits per heavy atom. The second kappa shape index (κ2) is 11.1. The number of carbonyl (C=O) groups excluding carboxylic acids is 2. The zero-order chi connectivity index (χ0) is 24.9. The van der Waals surface area contributed by atoms with Gasteiger partial charge in [-0.05, 0) is 54.8 Å². The number of likely N-dealkylation sites (N-methyl/N-ethyl adjacent to an activating group) is 1. The normalized spacial score (nSPS) is 18.5. The second-order valence-corrected chi connectivity index (χ2v) is 9.24. The van der Waals surface area contributed by atoms with Gasteiger partial charge < -0.3 is 24.6 Å². The maximum atomic E-state index is 13.8. The van der Waals surface area contributed by atoms with Crippen molar-refractivity contribution in [1.82, 2.24) is 15.1 Å². The van der Waals surface area contributed by atoms with E-state index in [1.807, 2.05) is 23.1 Å². The highest BCUT2D eigenvalue weighted by Gasteiger charge is 2.46. The van der Waals surface area contributed by atoms with Crippen LogP contribution in [0.3, 0.4) is 0 Å². The molecule has 0 unspecified atom stereocenters. The number of fused-ring (bicyclic) bond motifs is 4. The summed E-state index contributed by atoms with van der Waals surface area (Å²) in [6.45, 7) is 8.28. The number of nitrogens with one attached hydrogen (secondary N) is 1. The lowest BCUT2D eigenvalue weighted by molar-refractivity contribution is -0.124. The Bertz CT molecular complexity index is 1070. The monoisotopic (exact) mass is 479 g/mol. The number of nitrogens with zero attached hydrogens (tertiary/aromatic N) is 2. The average molecular weight is 480 g/mol. The standard InChI is InChI=1S/C28H37N3O4/c1-5-7-14-30(6-2)16-13-29-27(32)25-21-17-23(34-3)24(35-4)18-22(21)28(33)31-15-12-19-10-8-9-11-20(19)26(25)31/h8-11,17-18,25-26H,5-7,12-16H2,1-4H3,(H,29,32)/t25-,26+/m1/s1. The van der Waals surface area contributed by atoms with Crippen LogP contribution >= 0.6 is 0 Å². The number of amides is 2. The van der Waals surface area contributed by atoms with Crippen LogP contribution in [0.15, 0.2) is 36.4 Å². The van der Waals surface area contributed by atoms with Gasteiger partial charge in [-0.1, -0.05) is 44.5 Å². The van der Waals surface area contributed by atoms with Crippen molar-refractivity contribution in [2.24, 2.45) is 0 Å². The Morgan fingerprint density at radius 2 is 1.83 bits per heavy atom. The van der Waals surface area contributed by atoms with Gasteiger partial charge in [0.25, 0.3) is 5.91 Å². The number of rotatable bonds is 10. The number of unbranched alkanes of at least 4 members (excludes halogenated alkanes) is 1.